The molecule has 25 heavy (non-hydrogen) atoms. The van der Waals surface area contributed by atoms with E-state index < -0.39 is 47.7 Å². The summed E-state index contributed by atoms with van der Waals surface area (Å²) < 4.78 is 69.8. The summed E-state index contributed by atoms with van der Waals surface area (Å²) in [6.45, 7) is 2.42. The van der Waals surface area contributed by atoms with Crippen LogP contribution >= 0.6 is 0 Å². The van der Waals surface area contributed by atoms with E-state index in [9.17, 15) is 45.5 Å². The van der Waals surface area contributed by atoms with E-state index in [4.69, 9.17) is 10.2 Å². The molecule has 2 atom stereocenters. The maximum atomic E-state index is 11.6. The summed E-state index contributed by atoms with van der Waals surface area (Å²) in [5.41, 5.74) is 0. The Bertz CT molecular complexity index is 443. The molecule has 0 rings (SSSR count). The van der Waals surface area contributed by atoms with Gasteiger partial charge in [-0.3, -0.25) is 19.2 Å². The Morgan fingerprint density at radius 2 is 0.920 bits per heavy atom. The molecule has 0 saturated heterocycles. The Morgan fingerprint density at radius 3 is 0.960 bits per heavy atom. The zero-order valence-corrected chi connectivity index (χ0v) is 13.6. The molecule has 0 aliphatic rings. The Morgan fingerprint density at radius 1 is 0.720 bits per heavy atom. The van der Waals surface area contributed by atoms with Gasteiger partial charge in [0.25, 0.3) is 0 Å². The first-order chi connectivity index (χ1) is 10.6. The van der Waals surface area contributed by atoms with Gasteiger partial charge in [0, 0.05) is 17.1 Å². The number of carbonyl (C=O) groups excluding carboxylic acids is 2. The minimum absolute atomic E-state index is 0. The third-order valence-corrected chi connectivity index (χ3v) is 2.60. The van der Waals surface area contributed by atoms with Gasteiger partial charge in [0.2, 0.25) is 11.6 Å². The molecule has 0 bridgehead atoms. The van der Waals surface area contributed by atoms with E-state index in [0.717, 1.165) is 0 Å². The number of halogens is 6. The van der Waals surface area contributed by atoms with Crippen LogP contribution in [0, 0.1) is 11.8 Å². The molecule has 2 N–H and O–H groups in total. The van der Waals surface area contributed by atoms with Crippen molar-refractivity contribution in [1.82, 2.24) is 0 Å². The number of carbonyl (C=O) groups is 4. The fraction of sp³-hybridized carbons (Fsp3) is 0.667. The first-order valence-electron chi connectivity index (χ1n) is 6.28. The molecule has 0 aromatic rings. The first-order valence-corrected chi connectivity index (χ1v) is 6.28. The van der Waals surface area contributed by atoms with Crippen LogP contribution in [0.3, 0.4) is 0 Å². The van der Waals surface area contributed by atoms with Crippen molar-refractivity contribution >= 4 is 23.5 Å². The predicted octanol–water partition coefficient (Wildman–Crippen LogP) is 2.45. The number of carboxylic acids is 2. The Balaban J connectivity index is -0.000000372. The predicted molar refractivity (Wildman–Crippen MR) is 65.0 cm³/mol. The number of hydrogen-bond acceptors (Lipinski definition) is 4. The van der Waals surface area contributed by atoms with Gasteiger partial charge in [0.1, 0.15) is 11.8 Å². The molecule has 0 fully saturated rings. The number of ketones is 2. The molecule has 0 aliphatic carbocycles. The van der Waals surface area contributed by atoms with Crippen LogP contribution in [0.2, 0.25) is 0 Å². The third-order valence-electron chi connectivity index (χ3n) is 2.60. The van der Waals surface area contributed by atoms with Crippen molar-refractivity contribution in [1.29, 1.82) is 0 Å². The quantitative estimate of drug-likeness (QED) is 0.380. The monoisotopic (exact) mass is 431 g/mol. The number of Topliss-reactive ketones (excluding diaryl/α,β-unsaturated/α-hetero) is 2. The molecule has 151 valence electrons. The standard InChI is InChI=1S/2C6H7F3O3.Cu/c2*1-2-3(5(11)12)4(10)6(7,8)9;/h2*3H,2H2,1H3,(H,11,12);. The average Bonchev–Trinajstić information content (AvgIpc) is 2.37. The first kappa shape index (κ1) is 28.2. The normalized spacial score (nSPS) is 13.4. The molecule has 0 aliphatic heterocycles. The van der Waals surface area contributed by atoms with E-state index in [0.29, 0.717) is 0 Å². The van der Waals surface area contributed by atoms with E-state index in [1.807, 2.05) is 0 Å². The Kier molecular flexibility index (Phi) is 12.5. The fourth-order valence-electron chi connectivity index (χ4n) is 1.34. The van der Waals surface area contributed by atoms with Gasteiger partial charge in [0.05, 0.1) is 0 Å². The maximum Gasteiger partial charge on any atom is 0.450 e. The minimum atomic E-state index is -5.06. The summed E-state index contributed by atoms with van der Waals surface area (Å²) in [4.78, 5) is 40.9. The number of carboxylic acid groups (broad SMARTS) is 2. The molecule has 0 spiro atoms. The number of rotatable bonds is 6. The van der Waals surface area contributed by atoms with Crippen LogP contribution in [-0.4, -0.2) is 46.1 Å². The van der Waals surface area contributed by atoms with Crippen molar-refractivity contribution in [3.05, 3.63) is 0 Å². The van der Waals surface area contributed by atoms with Crippen molar-refractivity contribution in [2.75, 3.05) is 0 Å². The fourth-order valence-corrected chi connectivity index (χ4v) is 1.34. The van der Waals surface area contributed by atoms with Gasteiger partial charge < -0.3 is 10.2 Å². The zero-order valence-electron chi connectivity index (χ0n) is 12.7. The van der Waals surface area contributed by atoms with E-state index in [1.54, 1.807) is 0 Å². The van der Waals surface area contributed by atoms with Crippen LogP contribution < -0.4 is 0 Å². The second-order valence-corrected chi connectivity index (χ2v) is 4.32. The van der Waals surface area contributed by atoms with Gasteiger partial charge in [-0.1, -0.05) is 13.8 Å². The summed E-state index contributed by atoms with van der Waals surface area (Å²) in [7, 11) is 0. The minimum Gasteiger partial charge on any atom is -0.481 e. The smallest absolute Gasteiger partial charge is 0.450 e. The number of aliphatic carboxylic acids is 2. The van der Waals surface area contributed by atoms with Crippen molar-refractivity contribution < 1.29 is 72.8 Å². The van der Waals surface area contributed by atoms with Crippen molar-refractivity contribution in [2.24, 2.45) is 11.8 Å². The molecule has 0 aromatic carbocycles. The molecule has 1 radical (unpaired) electrons. The zero-order chi connectivity index (χ0) is 19.9. The summed E-state index contributed by atoms with van der Waals surface area (Å²) in [5, 5.41) is 16.4. The van der Waals surface area contributed by atoms with Crippen LogP contribution in [0.5, 0.6) is 0 Å². The molecule has 2 unspecified atom stereocenters. The van der Waals surface area contributed by atoms with Crippen LogP contribution in [0.25, 0.3) is 0 Å². The van der Waals surface area contributed by atoms with E-state index in [2.05, 4.69) is 0 Å². The molecule has 13 heteroatoms. The largest absolute Gasteiger partial charge is 0.481 e. The molecule has 0 saturated carbocycles. The van der Waals surface area contributed by atoms with Crippen LogP contribution in [0.15, 0.2) is 0 Å². The van der Waals surface area contributed by atoms with Gasteiger partial charge in [0.15, 0.2) is 0 Å². The Hall–Kier alpha value is -1.62. The Labute approximate surface area is 148 Å². The molecule has 6 nitrogen and oxygen atoms in total. The van der Waals surface area contributed by atoms with Crippen molar-refractivity contribution in [3.8, 4) is 0 Å². The van der Waals surface area contributed by atoms with Gasteiger partial charge in [-0.25, -0.2) is 0 Å². The van der Waals surface area contributed by atoms with E-state index in [-0.39, 0.29) is 29.9 Å². The van der Waals surface area contributed by atoms with Crippen LogP contribution in [-0.2, 0) is 36.2 Å². The summed E-state index contributed by atoms with van der Waals surface area (Å²) in [6.07, 6.45) is -10.8. The summed E-state index contributed by atoms with van der Waals surface area (Å²) >= 11 is 0. The van der Waals surface area contributed by atoms with Gasteiger partial charge in [-0.2, -0.15) is 26.3 Å². The molecule has 0 heterocycles. The van der Waals surface area contributed by atoms with Gasteiger partial charge in [-0.05, 0) is 12.8 Å². The van der Waals surface area contributed by atoms with Crippen LogP contribution in [0.4, 0.5) is 26.3 Å². The topological polar surface area (TPSA) is 109 Å². The molecule has 0 amide bonds. The van der Waals surface area contributed by atoms with Crippen molar-refractivity contribution in [3.63, 3.8) is 0 Å². The molecular formula is C12H14CuF6O6. The van der Waals surface area contributed by atoms with Crippen LogP contribution in [0.1, 0.15) is 26.7 Å². The van der Waals surface area contributed by atoms with Gasteiger partial charge in [-0.15, -0.1) is 0 Å². The molecular weight excluding hydrogens is 418 g/mol. The second-order valence-electron chi connectivity index (χ2n) is 4.32. The summed E-state index contributed by atoms with van der Waals surface area (Å²) in [5.74, 6) is -11.8. The SMILES string of the molecule is CCC(C(=O)O)C(=O)C(F)(F)F.CCC(C(=O)O)C(=O)C(F)(F)F.[Cu]. The number of hydrogen-bond donors (Lipinski definition) is 2. The maximum absolute atomic E-state index is 11.6. The average molecular weight is 432 g/mol. The van der Waals surface area contributed by atoms with E-state index in [1.165, 1.54) is 13.8 Å². The van der Waals surface area contributed by atoms with Gasteiger partial charge >= 0.3 is 24.3 Å². The summed E-state index contributed by atoms with van der Waals surface area (Å²) in [6, 6.07) is 0. The second kappa shape index (κ2) is 11.1. The molecule has 0 aromatic heterocycles. The number of alkyl halides is 6. The third kappa shape index (κ3) is 10.1. The van der Waals surface area contributed by atoms with Crippen molar-refractivity contribution in [2.45, 2.75) is 39.0 Å². The van der Waals surface area contributed by atoms with E-state index >= 15 is 0 Å².